The Balaban J connectivity index is 2.59. The molecule has 0 fully saturated rings. The van der Waals surface area contributed by atoms with Crippen LogP contribution in [-0.2, 0) is 16.0 Å². The van der Waals surface area contributed by atoms with Crippen LogP contribution < -0.4 is 0 Å². The van der Waals surface area contributed by atoms with Crippen LogP contribution in [0.1, 0.15) is 12.0 Å². The number of benzene rings is 1. The number of ether oxygens (including phenoxy) is 1. The van der Waals surface area contributed by atoms with Crippen molar-refractivity contribution in [3.63, 3.8) is 0 Å². The Kier molecular flexibility index (Phi) is 4.56. The van der Waals surface area contributed by atoms with Crippen LogP contribution in [0.25, 0.3) is 0 Å². The van der Waals surface area contributed by atoms with Crippen molar-refractivity contribution < 1.29 is 9.53 Å². The van der Waals surface area contributed by atoms with Gasteiger partial charge in [0.2, 0.25) is 0 Å². The fraction of sp³-hybridized carbons (Fsp3) is 0.250. The summed E-state index contributed by atoms with van der Waals surface area (Å²) in [5, 5.41) is 0. The first-order chi connectivity index (χ1) is 7.13. The van der Waals surface area contributed by atoms with Gasteiger partial charge in [0.25, 0.3) is 0 Å². The smallest absolute Gasteiger partial charge is 0.309 e. The molecule has 0 N–H and O–H groups in total. The van der Waals surface area contributed by atoms with E-state index >= 15 is 0 Å². The van der Waals surface area contributed by atoms with E-state index in [1.807, 2.05) is 24.3 Å². The van der Waals surface area contributed by atoms with E-state index < -0.39 is 0 Å². The second-order valence-corrected chi connectivity index (χ2v) is 4.13. The zero-order valence-corrected chi connectivity index (χ0v) is 10.2. The molecule has 0 amide bonds. The Morgan fingerprint density at radius 3 is 2.73 bits per heavy atom. The Hall–Kier alpha value is -1.09. The average molecular weight is 269 g/mol. The van der Waals surface area contributed by atoms with Gasteiger partial charge in [-0.05, 0) is 18.1 Å². The van der Waals surface area contributed by atoms with Gasteiger partial charge in [-0.2, -0.15) is 0 Å². The highest BCUT2D eigenvalue weighted by atomic mass is 79.9. The molecule has 1 rings (SSSR count). The minimum Gasteiger partial charge on any atom is -0.469 e. The SMILES string of the molecule is C=C(CC(=O)OC)Cc1ccccc1Br. The Labute approximate surface area is 98.1 Å². The van der Waals surface area contributed by atoms with Gasteiger partial charge in [0.1, 0.15) is 0 Å². The minimum atomic E-state index is -0.243. The van der Waals surface area contributed by atoms with Crippen molar-refractivity contribution in [1.82, 2.24) is 0 Å². The van der Waals surface area contributed by atoms with Crippen molar-refractivity contribution in [2.75, 3.05) is 7.11 Å². The largest absolute Gasteiger partial charge is 0.469 e. The highest BCUT2D eigenvalue weighted by molar-refractivity contribution is 9.10. The highest BCUT2D eigenvalue weighted by Crippen LogP contribution is 2.19. The second-order valence-electron chi connectivity index (χ2n) is 3.27. The Morgan fingerprint density at radius 1 is 1.47 bits per heavy atom. The lowest BCUT2D eigenvalue weighted by Crippen LogP contribution is -2.03. The van der Waals surface area contributed by atoms with E-state index in [4.69, 9.17) is 0 Å². The molecule has 2 nitrogen and oxygen atoms in total. The van der Waals surface area contributed by atoms with Gasteiger partial charge in [-0.3, -0.25) is 4.79 Å². The van der Waals surface area contributed by atoms with Crippen molar-refractivity contribution in [2.45, 2.75) is 12.8 Å². The van der Waals surface area contributed by atoms with E-state index in [2.05, 4.69) is 27.2 Å². The molecule has 0 atom stereocenters. The van der Waals surface area contributed by atoms with Gasteiger partial charge in [0.15, 0.2) is 0 Å². The average Bonchev–Trinajstić information content (AvgIpc) is 2.21. The summed E-state index contributed by atoms with van der Waals surface area (Å²) in [6.45, 7) is 3.86. The monoisotopic (exact) mass is 268 g/mol. The Morgan fingerprint density at radius 2 is 2.13 bits per heavy atom. The number of halogens is 1. The number of esters is 1. The molecule has 0 bridgehead atoms. The molecule has 0 aliphatic rings. The number of hydrogen-bond acceptors (Lipinski definition) is 2. The lowest BCUT2D eigenvalue weighted by molar-refractivity contribution is -0.139. The topological polar surface area (TPSA) is 26.3 Å². The molecule has 0 aliphatic carbocycles. The molecule has 0 saturated carbocycles. The first kappa shape index (κ1) is 12.0. The standard InChI is InChI=1S/C12H13BrO2/c1-9(8-12(14)15-2)7-10-5-3-4-6-11(10)13/h3-6H,1,7-8H2,2H3. The molecule has 0 spiro atoms. The maximum atomic E-state index is 11.0. The van der Waals surface area contributed by atoms with E-state index in [-0.39, 0.29) is 12.4 Å². The summed E-state index contributed by atoms with van der Waals surface area (Å²) in [5.41, 5.74) is 1.99. The van der Waals surface area contributed by atoms with E-state index in [0.29, 0.717) is 6.42 Å². The van der Waals surface area contributed by atoms with Crippen LogP contribution in [0.15, 0.2) is 40.9 Å². The van der Waals surface area contributed by atoms with E-state index in [0.717, 1.165) is 15.6 Å². The zero-order chi connectivity index (χ0) is 11.3. The molecule has 1 aromatic rings. The van der Waals surface area contributed by atoms with Crippen LogP contribution in [0.2, 0.25) is 0 Å². The summed E-state index contributed by atoms with van der Waals surface area (Å²) in [5.74, 6) is -0.243. The molecule has 0 aromatic heterocycles. The van der Waals surface area contributed by atoms with Crippen LogP contribution in [0.4, 0.5) is 0 Å². The van der Waals surface area contributed by atoms with Crippen molar-refractivity contribution in [3.05, 3.63) is 46.5 Å². The predicted molar refractivity (Wildman–Crippen MR) is 63.6 cm³/mol. The van der Waals surface area contributed by atoms with E-state index in [1.54, 1.807) is 0 Å². The maximum Gasteiger partial charge on any atom is 0.309 e. The van der Waals surface area contributed by atoms with Gasteiger partial charge in [-0.25, -0.2) is 0 Å². The van der Waals surface area contributed by atoms with Crippen molar-refractivity contribution >= 4 is 21.9 Å². The number of carbonyl (C=O) groups is 1. The van der Waals surface area contributed by atoms with Gasteiger partial charge in [0, 0.05) is 4.47 Å². The second kappa shape index (κ2) is 5.71. The number of methoxy groups -OCH3 is 1. The third-order valence-electron chi connectivity index (χ3n) is 2.02. The van der Waals surface area contributed by atoms with Gasteiger partial charge in [-0.15, -0.1) is 0 Å². The highest BCUT2D eigenvalue weighted by Gasteiger charge is 2.06. The van der Waals surface area contributed by atoms with Gasteiger partial charge < -0.3 is 4.74 Å². The first-order valence-corrected chi connectivity index (χ1v) is 5.39. The quantitative estimate of drug-likeness (QED) is 0.620. The molecule has 80 valence electrons. The van der Waals surface area contributed by atoms with Gasteiger partial charge in [-0.1, -0.05) is 46.3 Å². The van der Waals surface area contributed by atoms with Crippen LogP contribution >= 0.6 is 15.9 Å². The van der Waals surface area contributed by atoms with Crippen LogP contribution in [-0.4, -0.2) is 13.1 Å². The molecule has 0 aliphatic heterocycles. The van der Waals surface area contributed by atoms with Crippen molar-refractivity contribution in [1.29, 1.82) is 0 Å². The molecule has 3 heteroatoms. The first-order valence-electron chi connectivity index (χ1n) is 4.60. The maximum absolute atomic E-state index is 11.0. The summed E-state index contributed by atoms with van der Waals surface area (Å²) in [6.07, 6.45) is 0.967. The molecule has 0 saturated heterocycles. The summed E-state index contributed by atoms with van der Waals surface area (Å²) in [6, 6.07) is 7.90. The minimum absolute atomic E-state index is 0.243. The predicted octanol–water partition coefficient (Wildman–Crippen LogP) is 3.11. The molecule has 1 aromatic carbocycles. The molecule has 0 unspecified atom stereocenters. The summed E-state index contributed by atoms with van der Waals surface area (Å²) >= 11 is 3.45. The van der Waals surface area contributed by atoms with E-state index in [9.17, 15) is 4.79 Å². The lowest BCUT2D eigenvalue weighted by atomic mass is 10.0. The number of hydrogen-bond donors (Lipinski definition) is 0. The Bertz CT molecular complexity index is 372. The fourth-order valence-electron chi connectivity index (χ4n) is 1.25. The normalized spacial score (nSPS) is 9.73. The van der Waals surface area contributed by atoms with Crippen molar-refractivity contribution in [3.8, 4) is 0 Å². The van der Waals surface area contributed by atoms with Gasteiger partial charge >= 0.3 is 5.97 Å². The molecule has 0 heterocycles. The van der Waals surface area contributed by atoms with Crippen molar-refractivity contribution in [2.24, 2.45) is 0 Å². The van der Waals surface area contributed by atoms with E-state index in [1.165, 1.54) is 7.11 Å². The lowest BCUT2D eigenvalue weighted by Gasteiger charge is -2.06. The number of carbonyl (C=O) groups excluding carboxylic acids is 1. The van der Waals surface area contributed by atoms with Crippen LogP contribution in [0, 0.1) is 0 Å². The van der Waals surface area contributed by atoms with Crippen LogP contribution in [0.3, 0.4) is 0 Å². The summed E-state index contributed by atoms with van der Waals surface area (Å²) in [7, 11) is 1.38. The molecular weight excluding hydrogens is 256 g/mol. The van der Waals surface area contributed by atoms with Crippen LogP contribution in [0.5, 0.6) is 0 Å². The molecular formula is C12H13BrO2. The number of rotatable bonds is 4. The zero-order valence-electron chi connectivity index (χ0n) is 8.63. The summed E-state index contributed by atoms with van der Waals surface area (Å²) < 4.78 is 5.62. The summed E-state index contributed by atoms with van der Waals surface area (Å²) in [4.78, 5) is 11.0. The molecule has 15 heavy (non-hydrogen) atoms. The van der Waals surface area contributed by atoms with Gasteiger partial charge in [0.05, 0.1) is 13.5 Å². The third kappa shape index (κ3) is 3.88. The fourth-order valence-corrected chi connectivity index (χ4v) is 1.67. The third-order valence-corrected chi connectivity index (χ3v) is 2.79. The molecule has 0 radical (unpaired) electrons.